The number of carbonyl (C=O) groups excluding carboxylic acids is 1. The lowest BCUT2D eigenvalue weighted by atomic mass is 10.1. The smallest absolute Gasteiger partial charge is 0.358 e. The summed E-state index contributed by atoms with van der Waals surface area (Å²) in [5.74, 6) is -2.56. The Labute approximate surface area is 190 Å². The molecule has 12 heteroatoms. The molecule has 0 saturated carbocycles. The molecule has 1 amide bonds. The van der Waals surface area contributed by atoms with Gasteiger partial charge in [-0.25, -0.2) is 18.3 Å². The Morgan fingerprint density at radius 1 is 1.18 bits per heavy atom. The molecule has 174 valence electrons. The molecule has 34 heavy (non-hydrogen) atoms. The number of benzene rings is 2. The third-order valence-corrected chi connectivity index (χ3v) is 4.66. The number of ether oxygens (including phenoxy) is 1. The number of halogens is 2. The monoisotopic (exact) mass is 469 g/mol. The molecule has 0 spiro atoms. The molecule has 0 aliphatic rings. The molecule has 0 atom stereocenters. The molecule has 2 heterocycles. The zero-order valence-corrected chi connectivity index (χ0v) is 17.7. The summed E-state index contributed by atoms with van der Waals surface area (Å²) in [6.07, 6.45) is 1.46. The van der Waals surface area contributed by atoms with E-state index in [4.69, 9.17) is 14.4 Å². The number of nitrogens with zero attached hydrogens (tertiary/aromatic N) is 4. The summed E-state index contributed by atoms with van der Waals surface area (Å²) in [6, 6.07) is 9.19. The highest BCUT2D eigenvalue weighted by atomic mass is 19.1. The Hall–Kier alpha value is -4.61. The Kier molecular flexibility index (Phi) is 6.30. The molecule has 2 N–H and O–H groups in total. The lowest BCUT2D eigenvalue weighted by Gasteiger charge is -2.08. The zero-order valence-electron chi connectivity index (χ0n) is 17.7. The summed E-state index contributed by atoms with van der Waals surface area (Å²) in [6.45, 7) is 1.32. The summed E-state index contributed by atoms with van der Waals surface area (Å²) < 4.78 is 39.3. The van der Waals surface area contributed by atoms with Gasteiger partial charge < -0.3 is 19.7 Å². The molecule has 0 saturated heterocycles. The molecule has 0 unspecified atom stereocenters. The van der Waals surface area contributed by atoms with Gasteiger partial charge in [-0.3, -0.25) is 4.79 Å². The molecular weight excluding hydrogens is 452 g/mol. The number of aryl methyl sites for hydroxylation is 1. The molecule has 2 aromatic carbocycles. The highest BCUT2D eigenvalue weighted by Gasteiger charge is 2.17. The maximum atomic E-state index is 13.8. The molecule has 0 radical (unpaired) electrons. The van der Waals surface area contributed by atoms with Crippen molar-refractivity contribution in [2.45, 2.75) is 20.1 Å². The van der Waals surface area contributed by atoms with Crippen molar-refractivity contribution in [2.75, 3.05) is 5.32 Å². The first-order chi connectivity index (χ1) is 16.3. The van der Waals surface area contributed by atoms with E-state index in [-0.39, 0.29) is 30.4 Å². The molecule has 0 fully saturated rings. The molecule has 0 bridgehead atoms. The van der Waals surface area contributed by atoms with E-state index in [1.165, 1.54) is 35.1 Å². The molecule has 4 aromatic rings. The van der Waals surface area contributed by atoms with Crippen LogP contribution in [0, 0.1) is 18.6 Å². The second-order valence-electron chi connectivity index (χ2n) is 7.23. The van der Waals surface area contributed by atoms with E-state index >= 15 is 0 Å². The van der Waals surface area contributed by atoms with Gasteiger partial charge in [0.05, 0.1) is 11.8 Å². The Morgan fingerprint density at radius 3 is 2.74 bits per heavy atom. The molecule has 2 aromatic heterocycles. The number of rotatable bonds is 8. The van der Waals surface area contributed by atoms with Crippen LogP contribution in [0.5, 0.6) is 5.75 Å². The third kappa shape index (κ3) is 5.23. The Morgan fingerprint density at radius 2 is 2.00 bits per heavy atom. The summed E-state index contributed by atoms with van der Waals surface area (Å²) >= 11 is 0. The number of carboxylic acid groups (broad SMARTS) is 1. The van der Waals surface area contributed by atoms with Crippen molar-refractivity contribution < 1.29 is 32.7 Å². The summed E-state index contributed by atoms with van der Waals surface area (Å²) in [5.41, 5.74) is 1.10. The van der Waals surface area contributed by atoms with Crippen LogP contribution in [-0.4, -0.2) is 37.1 Å². The predicted octanol–water partition coefficient (Wildman–Crippen LogP) is 3.44. The van der Waals surface area contributed by atoms with Gasteiger partial charge in [0.25, 0.3) is 0 Å². The second-order valence-corrected chi connectivity index (χ2v) is 7.23. The molecule has 0 aliphatic heterocycles. The van der Waals surface area contributed by atoms with Crippen LogP contribution in [0.1, 0.15) is 21.7 Å². The lowest BCUT2D eigenvalue weighted by molar-refractivity contribution is -0.116. The number of aromatic carboxylic acids is 1. The van der Waals surface area contributed by atoms with E-state index < -0.39 is 23.5 Å². The number of anilines is 1. The van der Waals surface area contributed by atoms with Crippen molar-refractivity contribution >= 4 is 17.6 Å². The first kappa shape index (κ1) is 22.6. The summed E-state index contributed by atoms with van der Waals surface area (Å²) in [4.78, 5) is 23.2. The fourth-order valence-electron chi connectivity index (χ4n) is 2.97. The van der Waals surface area contributed by atoms with Gasteiger partial charge in [-0.05, 0) is 36.8 Å². The van der Waals surface area contributed by atoms with E-state index in [0.29, 0.717) is 22.5 Å². The highest BCUT2D eigenvalue weighted by molar-refractivity contribution is 5.90. The van der Waals surface area contributed by atoms with Crippen molar-refractivity contribution in [2.24, 2.45) is 0 Å². The predicted molar refractivity (Wildman–Crippen MR) is 113 cm³/mol. The van der Waals surface area contributed by atoms with Crippen LogP contribution in [0.25, 0.3) is 11.3 Å². The van der Waals surface area contributed by atoms with Crippen LogP contribution < -0.4 is 10.1 Å². The topological polar surface area (TPSA) is 132 Å². The number of hydrogen-bond acceptors (Lipinski definition) is 7. The van der Waals surface area contributed by atoms with Crippen LogP contribution in [-0.2, 0) is 17.9 Å². The van der Waals surface area contributed by atoms with E-state index in [9.17, 15) is 18.4 Å². The van der Waals surface area contributed by atoms with Crippen LogP contribution in [0.2, 0.25) is 0 Å². The maximum Gasteiger partial charge on any atom is 0.358 e. The van der Waals surface area contributed by atoms with Crippen LogP contribution >= 0.6 is 0 Å². The van der Waals surface area contributed by atoms with Gasteiger partial charge in [0, 0.05) is 17.8 Å². The standard InChI is InChI=1S/C22H17F2N5O5/c1-12-2-4-14(7-17(12)24)25-21(30)10-29-9-15(26-28-29)11-33-19-6-13(23)3-5-16(19)20-8-18(22(31)32)27-34-20/h2-9H,10-11H2,1H3,(H,25,30)(H,31,32). The van der Waals surface area contributed by atoms with Crippen molar-refractivity contribution in [1.82, 2.24) is 20.2 Å². The zero-order chi connectivity index (χ0) is 24.2. The molecular formula is C22H17F2N5O5. The fourth-order valence-corrected chi connectivity index (χ4v) is 2.97. The molecule has 10 nitrogen and oxygen atoms in total. The highest BCUT2D eigenvalue weighted by Crippen LogP contribution is 2.32. The van der Waals surface area contributed by atoms with Crippen molar-refractivity contribution in [3.8, 4) is 17.1 Å². The van der Waals surface area contributed by atoms with Crippen molar-refractivity contribution in [1.29, 1.82) is 0 Å². The second kappa shape index (κ2) is 9.48. The number of aromatic nitrogens is 4. The SMILES string of the molecule is Cc1ccc(NC(=O)Cn2cc(COc3cc(F)ccc3-c3cc(C(=O)O)no3)nn2)cc1F. The quantitative estimate of drug-likeness (QED) is 0.401. The van der Waals surface area contributed by atoms with Gasteiger partial charge in [-0.15, -0.1) is 5.10 Å². The van der Waals surface area contributed by atoms with Crippen LogP contribution in [0.15, 0.2) is 53.2 Å². The van der Waals surface area contributed by atoms with Crippen LogP contribution in [0.3, 0.4) is 0 Å². The van der Waals surface area contributed by atoms with Crippen molar-refractivity contribution in [3.05, 3.63) is 77.2 Å². The fraction of sp³-hybridized carbons (Fsp3) is 0.136. The molecule has 0 aliphatic carbocycles. The van der Waals surface area contributed by atoms with Gasteiger partial charge >= 0.3 is 5.97 Å². The number of nitrogens with one attached hydrogen (secondary N) is 1. The average molecular weight is 469 g/mol. The minimum atomic E-state index is -1.27. The van der Waals surface area contributed by atoms with Gasteiger partial charge in [0.2, 0.25) is 5.91 Å². The number of amides is 1. The Bertz CT molecular complexity index is 1370. The number of carboxylic acids is 1. The number of carbonyl (C=O) groups is 2. The van der Waals surface area contributed by atoms with Gasteiger partial charge in [-0.1, -0.05) is 16.4 Å². The minimum Gasteiger partial charge on any atom is -0.486 e. The van der Waals surface area contributed by atoms with Crippen LogP contribution in [0.4, 0.5) is 14.5 Å². The maximum absolute atomic E-state index is 13.8. The summed E-state index contributed by atoms with van der Waals surface area (Å²) in [7, 11) is 0. The third-order valence-electron chi connectivity index (χ3n) is 4.66. The normalized spacial score (nSPS) is 10.8. The largest absolute Gasteiger partial charge is 0.486 e. The van der Waals surface area contributed by atoms with E-state index in [1.807, 2.05) is 0 Å². The van der Waals surface area contributed by atoms with Gasteiger partial charge in [0.1, 0.15) is 36.2 Å². The first-order valence-corrected chi connectivity index (χ1v) is 9.86. The van der Waals surface area contributed by atoms with E-state index in [0.717, 1.165) is 6.07 Å². The van der Waals surface area contributed by atoms with Crippen molar-refractivity contribution in [3.63, 3.8) is 0 Å². The average Bonchev–Trinajstić information content (AvgIpc) is 3.45. The van der Waals surface area contributed by atoms with E-state index in [2.05, 4.69) is 20.8 Å². The summed E-state index contributed by atoms with van der Waals surface area (Å²) in [5, 5.41) is 22.8. The first-order valence-electron chi connectivity index (χ1n) is 9.86. The number of hydrogen-bond donors (Lipinski definition) is 2. The molecule has 4 rings (SSSR count). The Balaban J connectivity index is 1.41. The lowest BCUT2D eigenvalue weighted by Crippen LogP contribution is -2.19. The van der Waals surface area contributed by atoms with Gasteiger partial charge in [0.15, 0.2) is 11.5 Å². The van der Waals surface area contributed by atoms with E-state index in [1.54, 1.807) is 19.1 Å². The minimum absolute atomic E-state index is 0.0711. The van der Waals surface area contributed by atoms with Gasteiger partial charge in [-0.2, -0.15) is 0 Å².